The molecule has 6 atom stereocenters. The average molecular weight is 529 g/mol. The first-order valence-corrected chi connectivity index (χ1v) is 13.3. The van der Waals surface area contributed by atoms with E-state index >= 15 is 0 Å². The van der Waals surface area contributed by atoms with E-state index in [0.29, 0.717) is 23.6 Å². The number of carbonyl (C=O) groups excluding carboxylic acids is 3. The molecular weight excluding hydrogens is 496 g/mol. The SMILES string of the molecule is CC[C@@]12C=CCCOC(=O)[C@@H]1[C@H]1C(=O)N([C@@H](CO)C(C)C)C3C(=O)N(c4ccc(Cl)cc4)CC=C[C@@]31O2. The molecule has 9 heteroatoms. The second-order valence-electron chi connectivity index (χ2n) is 10.5. The minimum absolute atomic E-state index is 0.144. The monoisotopic (exact) mass is 528 g/mol. The van der Waals surface area contributed by atoms with Crippen molar-refractivity contribution < 1.29 is 29.0 Å². The quantitative estimate of drug-likeness (QED) is 0.466. The third-order valence-electron chi connectivity index (χ3n) is 8.29. The molecule has 0 aliphatic carbocycles. The predicted molar refractivity (Wildman–Crippen MR) is 138 cm³/mol. The highest BCUT2D eigenvalue weighted by Gasteiger charge is 2.76. The molecule has 198 valence electrons. The Hall–Kier alpha value is -2.68. The van der Waals surface area contributed by atoms with Gasteiger partial charge in [-0.25, -0.2) is 0 Å². The van der Waals surface area contributed by atoms with Crippen molar-refractivity contribution in [2.45, 2.75) is 56.9 Å². The van der Waals surface area contributed by atoms with Crippen LogP contribution in [-0.2, 0) is 23.9 Å². The average Bonchev–Trinajstić information content (AvgIpc) is 3.21. The molecule has 8 nitrogen and oxygen atoms in total. The maximum Gasteiger partial charge on any atom is 0.313 e. The van der Waals surface area contributed by atoms with E-state index in [1.807, 2.05) is 39.0 Å². The summed E-state index contributed by atoms with van der Waals surface area (Å²) in [5.41, 5.74) is -1.86. The molecule has 1 spiro atoms. The van der Waals surface area contributed by atoms with Crippen LogP contribution < -0.4 is 4.90 Å². The van der Waals surface area contributed by atoms with Crippen LogP contribution in [0.5, 0.6) is 0 Å². The topological polar surface area (TPSA) is 96.4 Å². The van der Waals surface area contributed by atoms with Crippen LogP contribution in [0, 0.1) is 17.8 Å². The number of amides is 2. The molecule has 0 saturated carbocycles. The molecule has 4 heterocycles. The van der Waals surface area contributed by atoms with Crippen LogP contribution in [0.25, 0.3) is 0 Å². The van der Waals surface area contributed by atoms with Gasteiger partial charge in [-0.15, -0.1) is 0 Å². The molecule has 5 rings (SSSR count). The standard InChI is InChI=1S/C28H33ClN2O6/c1-4-27-12-5-6-15-36-26(35)22(27)21-24(33)31(20(16-32)17(2)3)23-25(34)30(14-7-13-28(21,23)37-27)19-10-8-18(29)9-11-19/h5,7-13,17,20-23,32H,4,6,14-16H2,1-3H3/t20-,21-,22-,23?,27+,28-/m0/s1. The van der Waals surface area contributed by atoms with Gasteiger partial charge < -0.3 is 24.4 Å². The number of hydrogen-bond donors (Lipinski definition) is 1. The van der Waals surface area contributed by atoms with Gasteiger partial charge in [-0.2, -0.15) is 0 Å². The van der Waals surface area contributed by atoms with Gasteiger partial charge in [0.1, 0.15) is 23.2 Å². The first-order valence-electron chi connectivity index (χ1n) is 12.9. The predicted octanol–water partition coefficient (Wildman–Crippen LogP) is 3.12. The smallest absolute Gasteiger partial charge is 0.313 e. The zero-order chi connectivity index (χ0) is 26.5. The van der Waals surface area contributed by atoms with E-state index in [4.69, 9.17) is 21.1 Å². The molecule has 37 heavy (non-hydrogen) atoms. The Balaban J connectivity index is 1.70. The first kappa shape index (κ1) is 25.9. The van der Waals surface area contributed by atoms with Crippen LogP contribution in [-0.4, -0.2) is 70.8 Å². The van der Waals surface area contributed by atoms with Crippen LogP contribution in [0.1, 0.15) is 33.6 Å². The van der Waals surface area contributed by atoms with Crippen molar-refractivity contribution in [2.75, 3.05) is 24.7 Å². The largest absolute Gasteiger partial charge is 0.465 e. The Morgan fingerprint density at radius 1 is 1.08 bits per heavy atom. The number of rotatable bonds is 5. The molecule has 1 unspecified atom stereocenters. The van der Waals surface area contributed by atoms with Gasteiger partial charge in [-0.3, -0.25) is 14.4 Å². The van der Waals surface area contributed by atoms with Gasteiger partial charge >= 0.3 is 5.97 Å². The molecule has 0 radical (unpaired) electrons. The van der Waals surface area contributed by atoms with Gasteiger partial charge in [-0.1, -0.05) is 56.7 Å². The number of hydrogen-bond acceptors (Lipinski definition) is 6. The van der Waals surface area contributed by atoms with E-state index < -0.39 is 41.1 Å². The fourth-order valence-corrected chi connectivity index (χ4v) is 6.62. The number of anilines is 1. The van der Waals surface area contributed by atoms with Gasteiger partial charge in [0.05, 0.1) is 25.2 Å². The van der Waals surface area contributed by atoms with Crippen molar-refractivity contribution in [3.8, 4) is 0 Å². The number of cyclic esters (lactones) is 1. The van der Waals surface area contributed by atoms with Crippen molar-refractivity contribution in [1.82, 2.24) is 4.90 Å². The molecule has 1 aromatic rings. The summed E-state index contributed by atoms with van der Waals surface area (Å²) in [4.78, 5) is 45.3. The summed E-state index contributed by atoms with van der Waals surface area (Å²) < 4.78 is 12.4. The molecule has 4 aliphatic heterocycles. The van der Waals surface area contributed by atoms with Crippen molar-refractivity contribution >= 4 is 35.1 Å². The number of halogens is 1. The van der Waals surface area contributed by atoms with E-state index in [0.717, 1.165) is 0 Å². The zero-order valence-corrected chi connectivity index (χ0v) is 22.1. The fraction of sp³-hybridized carbons (Fsp3) is 0.536. The second kappa shape index (κ2) is 9.57. The Morgan fingerprint density at radius 3 is 2.46 bits per heavy atom. The molecule has 2 amide bonds. The third-order valence-corrected chi connectivity index (χ3v) is 8.54. The van der Waals surface area contributed by atoms with E-state index in [1.165, 1.54) is 4.90 Å². The minimum Gasteiger partial charge on any atom is -0.465 e. The summed E-state index contributed by atoms with van der Waals surface area (Å²) in [6.45, 7) is 5.85. The normalized spacial score (nSPS) is 34.0. The molecule has 1 aromatic carbocycles. The van der Waals surface area contributed by atoms with E-state index in [1.54, 1.807) is 35.2 Å². The highest BCUT2D eigenvalue weighted by Crippen LogP contribution is 2.59. The molecule has 0 bridgehead atoms. The van der Waals surface area contributed by atoms with Crippen molar-refractivity contribution in [1.29, 1.82) is 0 Å². The number of nitrogens with zero attached hydrogens (tertiary/aromatic N) is 2. The van der Waals surface area contributed by atoms with Crippen LogP contribution in [0.4, 0.5) is 5.69 Å². The van der Waals surface area contributed by atoms with Crippen molar-refractivity contribution in [2.24, 2.45) is 17.8 Å². The number of esters is 1. The van der Waals surface area contributed by atoms with Crippen LogP contribution in [0.2, 0.25) is 5.02 Å². The second-order valence-corrected chi connectivity index (χ2v) is 11.0. The number of carbonyl (C=O) groups is 3. The highest BCUT2D eigenvalue weighted by atomic mass is 35.5. The number of aliphatic hydroxyl groups is 1. The Kier molecular flexibility index (Phi) is 6.71. The lowest BCUT2D eigenvalue weighted by Gasteiger charge is -2.42. The van der Waals surface area contributed by atoms with Crippen molar-refractivity contribution in [3.63, 3.8) is 0 Å². The van der Waals surface area contributed by atoms with Gasteiger partial charge in [0.2, 0.25) is 5.91 Å². The number of aliphatic hydroxyl groups excluding tert-OH is 1. The number of ether oxygens (including phenoxy) is 2. The Bertz CT molecular complexity index is 1150. The van der Waals surface area contributed by atoms with Gasteiger partial charge in [-0.05, 0) is 43.0 Å². The highest BCUT2D eigenvalue weighted by molar-refractivity contribution is 6.30. The minimum atomic E-state index is -1.40. The number of fused-ring (bicyclic) bond motifs is 2. The molecular formula is C28H33ClN2O6. The number of likely N-dealkylation sites (tertiary alicyclic amines) is 1. The molecule has 0 aromatic heterocycles. The molecule has 2 fully saturated rings. The van der Waals surface area contributed by atoms with Gasteiger partial charge in [0.25, 0.3) is 5.91 Å². The summed E-state index contributed by atoms with van der Waals surface area (Å²) in [5, 5.41) is 10.9. The van der Waals surface area contributed by atoms with Crippen molar-refractivity contribution in [3.05, 3.63) is 53.6 Å². The van der Waals surface area contributed by atoms with Crippen LogP contribution in [0.3, 0.4) is 0 Å². The summed E-state index contributed by atoms with van der Waals surface area (Å²) in [6.07, 6.45) is 8.40. The van der Waals surface area contributed by atoms with Gasteiger partial charge in [0.15, 0.2) is 0 Å². The van der Waals surface area contributed by atoms with Gasteiger partial charge in [0, 0.05) is 17.3 Å². The van der Waals surface area contributed by atoms with E-state index in [-0.39, 0.29) is 37.5 Å². The summed E-state index contributed by atoms with van der Waals surface area (Å²) >= 11 is 6.09. The maximum absolute atomic E-state index is 14.4. The van der Waals surface area contributed by atoms with E-state index in [2.05, 4.69) is 0 Å². The summed E-state index contributed by atoms with van der Waals surface area (Å²) in [7, 11) is 0. The van der Waals surface area contributed by atoms with Crippen LogP contribution >= 0.6 is 11.6 Å². The Labute approximate surface area is 221 Å². The Morgan fingerprint density at radius 2 is 1.81 bits per heavy atom. The van der Waals surface area contributed by atoms with E-state index in [9.17, 15) is 19.5 Å². The zero-order valence-electron chi connectivity index (χ0n) is 21.3. The maximum atomic E-state index is 14.4. The first-order chi connectivity index (χ1) is 17.7. The lowest BCUT2D eigenvalue weighted by atomic mass is 9.73. The third kappa shape index (κ3) is 3.83. The lowest BCUT2D eigenvalue weighted by Crippen LogP contribution is -2.60. The lowest BCUT2D eigenvalue weighted by molar-refractivity contribution is -0.162. The molecule has 2 saturated heterocycles. The summed E-state index contributed by atoms with van der Waals surface area (Å²) in [6, 6.07) is 5.22. The van der Waals surface area contributed by atoms with Crippen LogP contribution in [0.15, 0.2) is 48.6 Å². The molecule has 4 aliphatic rings. The fourth-order valence-electron chi connectivity index (χ4n) is 6.50. The summed E-state index contributed by atoms with van der Waals surface area (Å²) in [5.74, 6) is -3.23. The molecule has 1 N–H and O–H groups in total. The number of benzene rings is 1.